The largest absolute Gasteiger partial charge is 0.481 e. The van der Waals surface area contributed by atoms with Crippen LogP contribution in [0.5, 0.6) is 0 Å². The Balaban J connectivity index is 1.95. The van der Waals surface area contributed by atoms with Gasteiger partial charge in [0.25, 0.3) is 0 Å². The van der Waals surface area contributed by atoms with Gasteiger partial charge in [-0.2, -0.15) is 0 Å². The Hall–Kier alpha value is -1.51. The average Bonchev–Trinajstić information content (AvgIpc) is 2.72. The second-order valence-corrected chi connectivity index (χ2v) is 6.74. The first kappa shape index (κ1) is 14.4. The van der Waals surface area contributed by atoms with Gasteiger partial charge < -0.3 is 10.0 Å². The molecule has 0 saturated heterocycles. The molecule has 1 aliphatic carbocycles. The van der Waals surface area contributed by atoms with Crippen molar-refractivity contribution in [1.82, 2.24) is 0 Å². The standard InChI is InChI=1S/C18H25NO2/c1-13-11-14-7-5-6-9-16(14)19(12-13)17-10-4-2-3-8-15(17)18(20)21/h5-7,9,13,15,17H,2-4,8,10-12H2,1H3,(H,20,21). The molecule has 114 valence electrons. The van der Waals surface area contributed by atoms with Crippen molar-refractivity contribution in [2.75, 3.05) is 11.4 Å². The second-order valence-electron chi connectivity index (χ2n) is 6.74. The van der Waals surface area contributed by atoms with E-state index >= 15 is 0 Å². The van der Waals surface area contributed by atoms with Crippen LogP contribution in [0.4, 0.5) is 5.69 Å². The number of hydrogen-bond acceptors (Lipinski definition) is 2. The molecule has 1 fully saturated rings. The summed E-state index contributed by atoms with van der Waals surface area (Å²) in [7, 11) is 0. The molecule has 0 bridgehead atoms. The molecule has 1 heterocycles. The average molecular weight is 287 g/mol. The number of carboxylic acids is 1. The third-order valence-electron chi connectivity index (χ3n) is 5.07. The van der Waals surface area contributed by atoms with Gasteiger partial charge in [0, 0.05) is 18.3 Å². The molecule has 3 atom stereocenters. The zero-order chi connectivity index (χ0) is 14.8. The number of hydrogen-bond donors (Lipinski definition) is 1. The summed E-state index contributed by atoms with van der Waals surface area (Å²) in [4.78, 5) is 14.1. The zero-order valence-electron chi connectivity index (χ0n) is 12.8. The summed E-state index contributed by atoms with van der Waals surface area (Å²) in [5, 5.41) is 9.65. The van der Waals surface area contributed by atoms with Gasteiger partial charge in [-0.3, -0.25) is 4.79 Å². The lowest BCUT2D eigenvalue weighted by Crippen LogP contribution is -2.47. The van der Waals surface area contributed by atoms with Crippen LogP contribution in [-0.4, -0.2) is 23.7 Å². The van der Waals surface area contributed by atoms with Crippen molar-refractivity contribution in [1.29, 1.82) is 0 Å². The molecule has 0 amide bonds. The first-order valence-electron chi connectivity index (χ1n) is 8.24. The van der Waals surface area contributed by atoms with Crippen LogP contribution in [0, 0.1) is 11.8 Å². The number of para-hydroxylation sites is 1. The van der Waals surface area contributed by atoms with E-state index in [0.29, 0.717) is 5.92 Å². The highest BCUT2D eigenvalue weighted by Gasteiger charge is 2.36. The fourth-order valence-electron chi connectivity index (χ4n) is 4.10. The van der Waals surface area contributed by atoms with Crippen molar-refractivity contribution >= 4 is 11.7 Å². The number of carboxylic acid groups (broad SMARTS) is 1. The lowest BCUT2D eigenvalue weighted by molar-refractivity contribution is -0.142. The van der Waals surface area contributed by atoms with Gasteiger partial charge in [-0.15, -0.1) is 0 Å². The van der Waals surface area contributed by atoms with Crippen LogP contribution >= 0.6 is 0 Å². The fraction of sp³-hybridized carbons (Fsp3) is 0.611. The van der Waals surface area contributed by atoms with Gasteiger partial charge >= 0.3 is 5.97 Å². The van der Waals surface area contributed by atoms with Crippen LogP contribution in [0.3, 0.4) is 0 Å². The number of rotatable bonds is 2. The molecule has 21 heavy (non-hydrogen) atoms. The van der Waals surface area contributed by atoms with E-state index in [1.54, 1.807) is 0 Å². The number of carbonyl (C=O) groups is 1. The Morgan fingerprint density at radius 2 is 1.95 bits per heavy atom. The maximum atomic E-state index is 11.7. The van der Waals surface area contributed by atoms with E-state index in [1.165, 1.54) is 17.7 Å². The monoisotopic (exact) mass is 287 g/mol. The maximum Gasteiger partial charge on any atom is 0.308 e. The first-order chi connectivity index (χ1) is 10.2. The lowest BCUT2D eigenvalue weighted by atomic mass is 9.87. The molecule has 1 aromatic rings. The molecule has 3 unspecified atom stereocenters. The fourth-order valence-corrected chi connectivity index (χ4v) is 4.10. The molecule has 3 nitrogen and oxygen atoms in total. The molecule has 1 saturated carbocycles. The van der Waals surface area contributed by atoms with E-state index in [1.807, 2.05) is 0 Å². The van der Waals surface area contributed by atoms with E-state index < -0.39 is 5.97 Å². The maximum absolute atomic E-state index is 11.7. The van der Waals surface area contributed by atoms with E-state index in [4.69, 9.17) is 0 Å². The zero-order valence-corrected chi connectivity index (χ0v) is 12.8. The van der Waals surface area contributed by atoms with Gasteiger partial charge in [0.2, 0.25) is 0 Å². The summed E-state index contributed by atoms with van der Waals surface area (Å²) >= 11 is 0. The van der Waals surface area contributed by atoms with Gasteiger partial charge in [-0.25, -0.2) is 0 Å². The van der Waals surface area contributed by atoms with Crippen LogP contribution in [0.2, 0.25) is 0 Å². The van der Waals surface area contributed by atoms with Gasteiger partial charge in [-0.05, 0) is 36.8 Å². The first-order valence-corrected chi connectivity index (χ1v) is 8.24. The highest BCUT2D eigenvalue weighted by Crippen LogP contribution is 2.36. The van der Waals surface area contributed by atoms with Gasteiger partial charge in [0.1, 0.15) is 0 Å². The number of benzene rings is 1. The summed E-state index contributed by atoms with van der Waals surface area (Å²) in [6, 6.07) is 8.70. The molecule has 0 aromatic heterocycles. The number of fused-ring (bicyclic) bond motifs is 1. The van der Waals surface area contributed by atoms with Crippen LogP contribution in [0.15, 0.2) is 24.3 Å². The van der Waals surface area contributed by atoms with E-state index in [9.17, 15) is 9.90 Å². The minimum atomic E-state index is -0.613. The van der Waals surface area contributed by atoms with Crippen molar-refractivity contribution in [3.63, 3.8) is 0 Å². The van der Waals surface area contributed by atoms with Crippen molar-refractivity contribution in [2.24, 2.45) is 11.8 Å². The molecule has 1 N–H and O–H groups in total. The summed E-state index contributed by atoms with van der Waals surface area (Å²) in [6.45, 7) is 3.26. The third-order valence-corrected chi connectivity index (χ3v) is 5.07. The number of anilines is 1. The van der Waals surface area contributed by atoms with Crippen LogP contribution in [0.25, 0.3) is 0 Å². The minimum Gasteiger partial charge on any atom is -0.481 e. The molecular formula is C18H25NO2. The molecule has 0 spiro atoms. The highest BCUT2D eigenvalue weighted by atomic mass is 16.4. The number of aliphatic carboxylic acids is 1. The van der Waals surface area contributed by atoms with Crippen molar-refractivity contribution < 1.29 is 9.90 Å². The Kier molecular flexibility index (Phi) is 4.18. The van der Waals surface area contributed by atoms with Crippen molar-refractivity contribution in [3.05, 3.63) is 29.8 Å². The Morgan fingerprint density at radius 3 is 2.76 bits per heavy atom. The number of nitrogens with zero attached hydrogens (tertiary/aromatic N) is 1. The van der Waals surface area contributed by atoms with E-state index in [0.717, 1.165) is 38.6 Å². The Labute approximate surface area is 127 Å². The smallest absolute Gasteiger partial charge is 0.308 e. The Bertz CT molecular complexity index is 514. The predicted octanol–water partition coefficient (Wildman–Crippen LogP) is 3.72. The van der Waals surface area contributed by atoms with Gasteiger partial charge in [0.05, 0.1) is 5.92 Å². The summed E-state index contributed by atoms with van der Waals surface area (Å²) < 4.78 is 0. The van der Waals surface area contributed by atoms with E-state index in [-0.39, 0.29) is 12.0 Å². The summed E-state index contributed by atoms with van der Waals surface area (Å²) in [6.07, 6.45) is 6.33. The van der Waals surface area contributed by atoms with Gasteiger partial charge in [0.15, 0.2) is 0 Å². The molecule has 1 aromatic carbocycles. The molecule has 0 radical (unpaired) electrons. The summed E-state index contributed by atoms with van der Waals surface area (Å²) in [5.74, 6) is -0.235. The highest BCUT2D eigenvalue weighted by molar-refractivity contribution is 5.72. The Morgan fingerprint density at radius 1 is 1.19 bits per heavy atom. The van der Waals surface area contributed by atoms with Crippen LogP contribution < -0.4 is 4.90 Å². The van der Waals surface area contributed by atoms with Crippen molar-refractivity contribution in [3.8, 4) is 0 Å². The van der Waals surface area contributed by atoms with Crippen LogP contribution in [0.1, 0.15) is 44.6 Å². The molecule has 2 aliphatic rings. The topological polar surface area (TPSA) is 40.5 Å². The SMILES string of the molecule is CC1Cc2ccccc2N(C2CCCCCC2C(=O)O)C1. The quantitative estimate of drug-likeness (QED) is 0.843. The lowest BCUT2D eigenvalue weighted by Gasteiger charge is -2.42. The normalized spacial score (nSPS) is 29.6. The van der Waals surface area contributed by atoms with Crippen LogP contribution in [-0.2, 0) is 11.2 Å². The van der Waals surface area contributed by atoms with Crippen molar-refractivity contribution in [2.45, 2.75) is 51.5 Å². The molecule has 1 aliphatic heterocycles. The van der Waals surface area contributed by atoms with Gasteiger partial charge in [-0.1, -0.05) is 44.4 Å². The minimum absolute atomic E-state index is 0.161. The summed E-state index contributed by atoms with van der Waals surface area (Å²) in [5.41, 5.74) is 2.65. The predicted molar refractivity (Wildman–Crippen MR) is 84.7 cm³/mol. The molecule has 3 heteroatoms. The second kappa shape index (κ2) is 6.08. The third kappa shape index (κ3) is 2.92. The van der Waals surface area contributed by atoms with E-state index in [2.05, 4.69) is 36.1 Å². The molecule has 3 rings (SSSR count). The molecular weight excluding hydrogens is 262 g/mol.